The Balaban J connectivity index is 2.23. The molecule has 0 aromatic carbocycles. The first kappa shape index (κ1) is 13.3. The van der Waals surface area contributed by atoms with E-state index in [1.807, 2.05) is 17.9 Å². The number of carbonyl (C=O) groups excluding carboxylic acids is 1. The Morgan fingerprint density at radius 1 is 1.74 bits per heavy atom. The van der Waals surface area contributed by atoms with E-state index in [1.54, 1.807) is 18.3 Å². The molecule has 1 aromatic rings. The predicted molar refractivity (Wildman–Crippen MR) is 69.6 cm³/mol. The lowest BCUT2D eigenvalue weighted by Crippen LogP contribution is -2.54. The van der Waals surface area contributed by atoms with Crippen molar-refractivity contribution in [2.24, 2.45) is 0 Å². The van der Waals surface area contributed by atoms with E-state index in [4.69, 9.17) is 10.00 Å². The zero-order valence-corrected chi connectivity index (χ0v) is 10.8. The molecule has 1 fully saturated rings. The number of anilines is 1. The largest absolute Gasteiger partial charge is 0.377 e. The summed E-state index contributed by atoms with van der Waals surface area (Å²) >= 11 is 0. The third-order valence-electron chi connectivity index (χ3n) is 2.97. The van der Waals surface area contributed by atoms with Crippen molar-refractivity contribution in [3.63, 3.8) is 0 Å². The summed E-state index contributed by atoms with van der Waals surface area (Å²) in [4.78, 5) is 17.9. The maximum Gasteiger partial charge on any atom is 0.245 e. The molecule has 6 heteroatoms. The van der Waals surface area contributed by atoms with Gasteiger partial charge in [0.05, 0.1) is 13.2 Å². The molecule has 1 aliphatic rings. The van der Waals surface area contributed by atoms with Crippen LogP contribution in [0.15, 0.2) is 18.3 Å². The smallest absolute Gasteiger partial charge is 0.245 e. The monoisotopic (exact) mass is 260 g/mol. The van der Waals surface area contributed by atoms with Crippen molar-refractivity contribution < 1.29 is 9.53 Å². The van der Waals surface area contributed by atoms with Crippen LogP contribution in [-0.2, 0) is 9.53 Å². The van der Waals surface area contributed by atoms with Crippen molar-refractivity contribution in [1.82, 2.24) is 10.3 Å². The fraction of sp³-hybridized carbons (Fsp3) is 0.462. The zero-order chi connectivity index (χ0) is 13.7. The van der Waals surface area contributed by atoms with Crippen LogP contribution >= 0.6 is 0 Å². The molecule has 1 N–H and O–H groups in total. The fourth-order valence-electron chi connectivity index (χ4n) is 2.08. The average Bonchev–Trinajstić information content (AvgIpc) is 2.47. The summed E-state index contributed by atoms with van der Waals surface area (Å²) in [6.45, 7) is 4.02. The van der Waals surface area contributed by atoms with Gasteiger partial charge >= 0.3 is 0 Å². The quantitative estimate of drug-likeness (QED) is 0.845. The van der Waals surface area contributed by atoms with E-state index in [-0.39, 0.29) is 11.9 Å². The van der Waals surface area contributed by atoms with Gasteiger partial charge in [0.15, 0.2) is 0 Å². The third kappa shape index (κ3) is 3.01. The maximum atomic E-state index is 12.0. The molecule has 1 amide bonds. The first-order valence-corrected chi connectivity index (χ1v) is 6.24. The van der Waals surface area contributed by atoms with Crippen LogP contribution in [0.3, 0.4) is 0 Å². The predicted octanol–water partition coefficient (Wildman–Crippen LogP) is 0.295. The van der Waals surface area contributed by atoms with E-state index in [0.717, 1.165) is 5.69 Å². The van der Waals surface area contributed by atoms with Gasteiger partial charge in [-0.05, 0) is 19.1 Å². The number of nitrogens with zero attached hydrogens (tertiary/aromatic N) is 3. The van der Waals surface area contributed by atoms with Crippen molar-refractivity contribution in [3.8, 4) is 6.07 Å². The summed E-state index contributed by atoms with van der Waals surface area (Å²) in [6, 6.07) is 5.14. The molecule has 1 aromatic heterocycles. The molecule has 19 heavy (non-hydrogen) atoms. The first-order valence-electron chi connectivity index (χ1n) is 6.24. The van der Waals surface area contributed by atoms with Gasteiger partial charge in [-0.1, -0.05) is 0 Å². The minimum atomic E-state index is -0.359. The maximum absolute atomic E-state index is 12.0. The van der Waals surface area contributed by atoms with Crippen molar-refractivity contribution in [2.75, 3.05) is 31.2 Å². The van der Waals surface area contributed by atoms with Crippen LogP contribution in [0.2, 0.25) is 0 Å². The van der Waals surface area contributed by atoms with E-state index in [9.17, 15) is 4.79 Å². The number of likely N-dealkylation sites (N-methyl/N-ethyl adjacent to an activating group) is 1. The highest BCUT2D eigenvalue weighted by Gasteiger charge is 2.29. The van der Waals surface area contributed by atoms with Gasteiger partial charge in [-0.15, -0.1) is 0 Å². The number of nitrogens with one attached hydrogen (secondary N) is 1. The lowest BCUT2D eigenvalue weighted by molar-refractivity contribution is -0.124. The van der Waals surface area contributed by atoms with Crippen LogP contribution in [0.1, 0.15) is 12.6 Å². The zero-order valence-electron chi connectivity index (χ0n) is 10.8. The molecule has 0 radical (unpaired) electrons. The lowest BCUT2D eigenvalue weighted by Gasteiger charge is -2.36. The molecule has 2 heterocycles. The molecule has 2 rings (SSSR count). The van der Waals surface area contributed by atoms with Gasteiger partial charge in [0.1, 0.15) is 17.8 Å². The highest BCUT2D eigenvalue weighted by atomic mass is 16.5. The van der Waals surface area contributed by atoms with E-state index in [2.05, 4.69) is 10.3 Å². The number of amides is 1. The van der Waals surface area contributed by atoms with Crippen LogP contribution in [0, 0.1) is 11.3 Å². The number of hydrogen-bond acceptors (Lipinski definition) is 5. The van der Waals surface area contributed by atoms with Crippen LogP contribution in [-0.4, -0.2) is 43.2 Å². The Labute approximate surface area is 112 Å². The van der Waals surface area contributed by atoms with E-state index in [1.165, 1.54) is 0 Å². The molecule has 0 spiro atoms. The van der Waals surface area contributed by atoms with Crippen LogP contribution in [0.25, 0.3) is 0 Å². The lowest BCUT2D eigenvalue weighted by atomic mass is 10.1. The summed E-state index contributed by atoms with van der Waals surface area (Å²) in [5, 5.41) is 11.7. The molecule has 0 bridgehead atoms. The molecule has 1 aliphatic heterocycles. The molecular formula is C13H16N4O2. The second-order valence-electron chi connectivity index (χ2n) is 4.19. The molecule has 0 saturated carbocycles. The average molecular weight is 260 g/mol. The summed E-state index contributed by atoms with van der Waals surface area (Å²) < 4.78 is 5.37. The van der Waals surface area contributed by atoms with Crippen molar-refractivity contribution in [3.05, 3.63) is 24.0 Å². The summed E-state index contributed by atoms with van der Waals surface area (Å²) in [7, 11) is 0. The van der Waals surface area contributed by atoms with E-state index >= 15 is 0 Å². The van der Waals surface area contributed by atoms with Gasteiger partial charge in [-0.3, -0.25) is 4.79 Å². The second-order valence-corrected chi connectivity index (χ2v) is 4.19. The summed E-state index contributed by atoms with van der Waals surface area (Å²) in [5.41, 5.74) is 1.17. The fourth-order valence-corrected chi connectivity index (χ4v) is 2.08. The SMILES string of the molecule is CCNC(=O)C1COCCN1c1ccnc(C#N)c1. The number of morpholine rings is 1. The molecule has 6 nitrogen and oxygen atoms in total. The van der Waals surface area contributed by atoms with Crippen LogP contribution in [0.4, 0.5) is 5.69 Å². The van der Waals surface area contributed by atoms with Crippen molar-refractivity contribution in [1.29, 1.82) is 5.26 Å². The number of rotatable bonds is 3. The third-order valence-corrected chi connectivity index (χ3v) is 2.97. The van der Waals surface area contributed by atoms with Gasteiger partial charge in [-0.25, -0.2) is 4.98 Å². The number of ether oxygens (including phenoxy) is 1. The first-order chi connectivity index (χ1) is 9.26. The molecule has 1 atom stereocenters. The number of hydrogen-bond donors (Lipinski definition) is 1. The Hall–Kier alpha value is -2.13. The van der Waals surface area contributed by atoms with E-state index in [0.29, 0.717) is 32.0 Å². The minimum Gasteiger partial charge on any atom is -0.377 e. The second kappa shape index (κ2) is 6.16. The van der Waals surface area contributed by atoms with Gasteiger partial charge < -0.3 is 15.0 Å². The Kier molecular flexibility index (Phi) is 4.31. The number of pyridine rings is 1. The highest BCUT2D eigenvalue weighted by molar-refractivity contribution is 5.85. The standard InChI is InChI=1S/C13H16N4O2/c1-2-15-13(18)12-9-19-6-5-17(12)11-3-4-16-10(7-11)8-14/h3-4,7,12H,2,5-6,9H2,1H3,(H,15,18). The minimum absolute atomic E-state index is 0.0579. The van der Waals surface area contributed by atoms with Crippen molar-refractivity contribution >= 4 is 11.6 Å². The van der Waals surface area contributed by atoms with E-state index < -0.39 is 0 Å². The highest BCUT2D eigenvalue weighted by Crippen LogP contribution is 2.20. The summed E-state index contributed by atoms with van der Waals surface area (Å²) in [5.74, 6) is -0.0579. The van der Waals surface area contributed by atoms with Gasteiger partial charge in [-0.2, -0.15) is 5.26 Å². The van der Waals surface area contributed by atoms with Crippen LogP contribution < -0.4 is 10.2 Å². The number of nitriles is 1. The number of carbonyl (C=O) groups is 1. The topological polar surface area (TPSA) is 78.2 Å². The molecule has 100 valence electrons. The van der Waals surface area contributed by atoms with Crippen LogP contribution in [0.5, 0.6) is 0 Å². The Morgan fingerprint density at radius 2 is 2.58 bits per heavy atom. The summed E-state index contributed by atoms with van der Waals surface area (Å²) in [6.07, 6.45) is 1.58. The van der Waals surface area contributed by atoms with Gasteiger partial charge in [0.2, 0.25) is 5.91 Å². The molecular weight excluding hydrogens is 244 g/mol. The van der Waals surface area contributed by atoms with Gasteiger partial charge in [0, 0.05) is 25.0 Å². The van der Waals surface area contributed by atoms with Crippen molar-refractivity contribution in [2.45, 2.75) is 13.0 Å². The Morgan fingerprint density at radius 3 is 3.32 bits per heavy atom. The molecule has 1 saturated heterocycles. The van der Waals surface area contributed by atoms with Gasteiger partial charge in [0.25, 0.3) is 0 Å². The molecule has 0 aliphatic carbocycles. The Bertz CT molecular complexity index is 498. The number of aromatic nitrogens is 1. The molecule has 1 unspecified atom stereocenters. The normalized spacial score (nSPS) is 18.7.